The largest absolute Gasteiger partial charge is 0.106 e. The molecule has 50 valence electrons. The van der Waals surface area contributed by atoms with Crippen LogP contribution in [0.4, 0.5) is 0 Å². The van der Waals surface area contributed by atoms with Crippen molar-refractivity contribution in [3.05, 3.63) is 13.2 Å². The molecule has 8 heavy (non-hydrogen) atoms. The van der Waals surface area contributed by atoms with Gasteiger partial charge in [-0.05, 0) is 0 Å². The molecule has 0 atom stereocenters. The third-order valence-corrected chi connectivity index (χ3v) is 1.000. The molecule has 1 fully saturated rings. The second kappa shape index (κ2) is 15.7. The van der Waals surface area contributed by atoms with Gasteiger partial charge in [-0.2, -0.15) is 0 Å². The van der Waals surface area contributed by atoms with Gasteiger partial charge in [-0.3, -0.25) is 0 Å². The van der Waals surface area contributed by atoms with E-state index in [1.165, 1.54) is 25.7 Å². The van der Waals surface area contributed by atoms with E-state index >= 15 is 0 Å². The van der Waals surface area contributed by atoms with Crippen LogP contribution in [0.5, 0.6) is 0 Å². The average Bonchev–Trinajstić information content (AvgIpc) is 1.36. The second-order valence-corrected chi connectivity index (χ2v) is 1.41. The molecule has 0 aromatic heterocycles. The van der Waals surface area contributed by atoms with Crippen molar-refractivity contribution in [3.8, 4) is 0 Å². The first-order chi connectivity index (χ1) is 3.00. The van der Waals surface area contributed by atoms with Crippen LogP contribution in [0.3, 0.4) is 0 Å². The molecule has 0 radical (unpaired) electrons. The molecule has 0 heterocycles. The third kappa shape index (κ3) is 9.66. The van der Waals surface area contributed by atoms with Gasteiger partial charge in [-0.1, -0.05) is 33.1 Å². The summed E-state index contributed by atoms with van der Waals surface area (Å²) >= 11 is 0. The molecule has 1 heteroatoms. The molecule has 1 rings (SSSR count). The fourth-order valence-corrected chi connectivity index (χ4v) is 0.250. The van der Waals surface area contributed by atoms with Crippen molar-refractivity contribution >= 4 is 0 Å². The van der Waals surface area contributed by atoms with Gasteiger partial charge in [0.1, 0.15) is 0 Å². The summed E-state index contributed by atoms with van der Waals surface area (Å²) in [6.45, 7) is 6.00. The van der Waals surface area contributed by atoms with Crippen LogP contribution in [0.2, 0.25) is 0 Å². The molecule has 1 saturated carbocycles. The number of hydrogen-bond acceptors (Lipinski definition) is 0. The molecule has 0 aromatic carbocycles. The maximum atomic E-state index is 3.00. The smallest absolute Gasteiger partial charge is 0 e. The van der Waals surface area contributed by atoms with Crippen LogP contribution in [0, 0.1) is 0 Å². The van der Waals surface area contributed by atoms with Gasteiger partial charge >= 0.3 is 0 Å². The van der Waals surface area contributed by atoms with Crippen LogP contribution >= 0.6 is 0 Å². The molecular formula is C7H16W. The van der Waals surface area contributed by atoms with Gasteiger partial charge in [0, 0.05) is 21.1 Å². The van der Waals surface area contributed by atoms with E-state index in [1.54, 1.807) is 0 Å². The molecule has 0 amide bonds. The molecule has 0 aliphatic heterocycles. The normalized spacial score (nSPS) is 12.5. The van der Waals surface area contributed by atoms with E-state index in [4.69, 9.17) is 0 Å². The van der Waals surface area contributed by atoms with Crippen molar-refractivity contribution in [2.45, 2.75) is 33.1 Å². The first-order valence-electron chi connectivity index (χ1n) is 2.50. The zero-order valence-corrected chi connectivity index (χ0v) is 7.58. The number of rotatable bonds is 0. The van der Waals surface area contributed by atoms with Crippen molar-refractivity contribution < 1.29 is 21.1 Å². The van der Waals surface area contributed by atoms with Gasteiger partial charge in [0.15, 0.2) is 0 Å². The van der Waals surface area contributed by atoms with Crippen LogP contribution in [0.1, 0.15) is 33.1 Å². The van der Waals surface area contributed by atoms with E-state index in [9.17, 15) is 0 Å². The molecule has 0 nitrogen and oxygen atoms in total. The molecular weight excluding hydrogens is 268 g/mol. The van der Waals surface area contributed by atoms with Gasteiger partial charge in [0.25, 0.3) is 0 Å². The Balaban J connectivity index is -0.0000000583. The topological polar surface area (TPSA) is 0 Å². The summed E-state index contributed by atoms with van der Waals surface area (Å²) in [6.07, 6.45) is 6.00. The van der Waals surface area contributed by atoms with Crippen LogP contribution in [0.15, 0.2) is 13.2 Å². The van der Waals surface area contributed by atoms with E-state index in [-0.39, 0.29) is 28.5 Å². The Morgan fingerprint density at radius 3 is 0.875 bits per heavy atom. The zero-order chi connectivity index (χ0) is 4.83. The van der Waals surface area contributed by atoms with Gasteiger partial charge in [0.05, 0.1) is 0 Å². The molecule has 0 N–H and O–H groups in total. The standard InChI is InChI=1S/C4H8.C2H4.CH4.W/c1-2-4-3-1;1-2;;/h1-4H2;1-2H2;1H4;. The van der Waals surface area contributed by atoms with Crippen molar-refractivity contribution in [2.75, 3.05) is 0 Å². The van der Waals surface area contributed by atoms with E-state index < -0.39 is 0 Å². The minimum atomic E-state index is 0. The monoisotopic (exact) mass is 284 g/mol. The van der Waals surface area contributed by atoms with Gasteiger partial charge < -0.3 is 0 Å². The Bertz CT molecular complexity index is 19.6. The summed E-state index contributed by atoms with van der Waals surface area (Å²) in [6, 6.07) is 0. The summed E-state index contributed by atoms with van der Waals surface area (Å²) < 4.78 is 0. The zero-order valence-electron chi connectivity index (χ0n) is 4.65. The summed E-state index contributed by atoms with van der Waals surface area (Å²) in [7, 11) is 0. The Hall–Kier alpha value is 0.428. The maximum absolute atomic E-state index is 3.00. The Labute approximate surface area is 67.6 Å². The predicted molar refractivity (Wildman–Crippen MR) is 36.5 cm³/mol. The van der Waals surface area contributed by atoms with E-state index in [1.807, 2.05) is 0 Å². The molecule has 0 bridgehead atoms. The predicted octanol–water partition coefficient (Wildman–Crippen LogP) is 3.00. The molecule has 1 aliphatic rings. The van der Waals surface area contributed by atoms with Gasteiger partial charge in [-0.25, -0.2) is 0 Å². The summed E-state index contributed by atoms with van der Waals surface area (Å²) in [4.78, 5) is 0. The minimum Gasteiger partial charge on any atom is -0.106 e. The van der Waals surface area contributed by atoms with Crippen LogP contribution in [-0.4, -0.2) is 0 Å². The number of hydrogen-bond donors (Lipinski definition) is 0. The molecule has 0 spiro atoms. The van der Waals surface area contributed by atoms with Crippen molar-refractivity contribution in [3.63, 3.8) is 0 Å². The molecule has 0 aromatic rings. The SMILES string of the molecule is C.C1CCC1.C=C.[W]. The fourth-order valence-electron chi connectivity index (χ4n) is 0.250. The summed E-state index contributed by atoms with van der Waals surface area (Å²) in [5, 5.41) is 0. The van der Waals surface area contributed by atoms with Crippen molar-refractivity contribution in [2.24, 2.45) is 0 Å². The molecule has 0 unspecified atom stereocenters. The van der Waals surface area contributed by atoms with Crippen LogP contribution in [-0.2, 0) is 21.1 Å². The first-order valence-corrected chi connectivity index (χ1v) is 2.50. The van der Waals surface area contributed by atoms with Gasteiger partial charge in [-0.15, -0.1) is 13.2 Å². The maximum Gasteiger partial charge on any atom is 0 e. The first kappa shape index (κ1) is 15.8. The van der Waals surface area contributed by atoms with E-state index in [0.717, 1.165) is 0 Å². The molecule has 1 aliphatic carbocycles. The fraction of sp³-hybridized carbons (Fsp3) is 0.714. The summed E-state index contributed by atoms with van der Waals surface area (Å²) in [5.41, 5.74) is 0. The molecule has 0 saturated heterocycles. The van der Waals surface area contributed by atoms with Crippen LogP contribution in [0.25, 0.3) is 0 Å². The van der Waals surface area contributed by atoms with Crippen molar-refractivity contribution in [1.29, 1.82) is 0 Å². The Kier molecular flexibility index (Phi) is 30.9. The summed E-state index contributed by atoms with van der Waals surface area (Å²) in [5.74, 6) is 0. The van der Waals surface area contributed by atoms with Crippen molar-refractivity contribution in [1.82, 2.24) is 0 Å². The quantitative estimate of drug-likeness (QED) is 0.600. The van der Waals surface area contributed by atoms with Crippen LogP contribution < -0.4 is 0 Å². The minimum absolute atomic E-state index is 0. The van der Waals surface area contributed by atoms with Gasteiger partial charge in [0.2, 0.25) is 0 Å². The average molecular weight is 284 g/mol. The Morgan fingerprint density at radius 2 is 0.875 bits per heavy atom. The second-order valence-electron chi connectivity index (χ2n) is 1.41. The van der Waals surface area contributed by atoms with E-state index in [0.29, 0.717) is 0 Å². The Morgan fingerprint density at radius 1 is 0.750 bits per heavy atom. The third-order valence-electron chi connectivity index (χ3n) is 1.000. The van der Waals surface area contributed by atoms with E-state index in [2.05, 4.69) is 13.2 Å².